The average molecular weight is 539 g/mol. The predicted octanol–water partition coefficient (Wildman–Crippen LogP) is 9.59. The van der Waals surface area contributed by atoms with Gasteiger partial charge in [0, 0.05) is 31.9 Å². The fraction of sp³-hybridized carbons (Fsp3) is 0.286. The molecule has 0 bridgehead atoms. The van der Waals surface area contributed by atoms with Crippen molar-refractivity contribution in [2.75, 3.05) is 19.5 Å². The predicted molar refractivity (Wildman–Crippen MR) is 172 cm³/mol. The molecule has 212 valence electrons. The van der Waals surface area contributed by atoms with Crippen LogP contribution in [0.1, 0.15) is 63.2 Å². The molecule has 1 N–H and O–H groups in total. The van der Waals surface area contributed by atoms with Gasteiger partial charge in [-0.1, -0.05) is 106 Å². The van der Waals surface area contributed by atoms with Crippen molar-refractivity contribution in [1.82, 2.24) is 9.97 Å². The zero-order valence-electron chi connectivity index (χ0n) is 25.7. The summed E-state index contributed by atoms with van der Waals surface area (Å²) in [4.78, 5) is 8.75. The van der Waals surface area contributed by atoms with Crippen molar-refractivity contribution >= 4 is 5.82 Å². The first kappa shape index (κ1) is 35.7. The lowest BCUT2D eigenvalue weighted by molar-refractivity contribution is 0.277. The van der Waals surface area contributed by atoms with E-state index in [4.69, 9.17) is 0 Å². The second kappa shape index (κ2) is 20.7. The Labute approximate surface area is 242 Å². The Balaban J connectivity index is 0.00000153. The van der Waals surface area contributed by atoms with Crippen LogP contribution in [0.2, 0.25) is 0 Å². The van der Waals surface area contributed by atoms with Gasteiger partial charge in [0.05, 0.1) is 5.69 Å². The van der Waals surface area contributed by atoms with Crippen molar-refractivity contribution < 1.29 is 4.74 Å². The third-order valence-electron chi connectivity index (χ3n) is 5.28. The van der Waals surface area contributed by atoms with Gasteiger partial charge in [-0.05, 0) is 43.5 Å². The van der Waals surface area contributed by atoms with E-state index >= 15 is 0 Å². The molecule has 0 aliphatic rings. The second-order valence-corrected chi connectivity index (χ2v) is 8.21. The van der Waals surface area contributed by atoms with E-state index in [-0.39, 0.29) is 11.9 Å². The minimum Gasteiger partial charge on any atom is -0.388 e. The summed E-state index contributed by atoms with van der Waals surface area (Å²) in [6.07, 6.45) is 0. The van der Waals surface area contributed by atoms with Gasteiger partial charge >= 0.3 is 0 Å². The molecule has 40 heavy (non-hydrogen) atoms. The number of aryl methyl sites for hydroxylation is 2. The normalized spacial score (nSPS) is 9.80. The van der Waals surface area contributed by atoms with Crippen LogP contribution >= 0.6 is 0 Å². The first-order chi connectivity index (χ1) is 19.4. The molecule has 0 spiro atoms. The van der Waals surface area contributed by atoms with Crippen molar-refractivity contribution in [3.05, 3.63) is 115 Å². The fourth-order valence-electron chi connectivity index (χ4n) is 3.56. The maximum Gasteiger partial charge on any atom is 0.234 e. The number of benzene rings is 3. The maximum absolute atomic E-state index is 9.41. The monoisotopic (exact) mass is 538 g/mol. The SMILES string of the molecule is C=C.CC.CC.COC.Cc1ccc(-c2cc(NC(C)c3cccc(-c4cccc(C)c4)c3)nc(C#N)n2)cc1. The van der Waals surface area contributed by atoms with Crippen molar-refractivity contribution in [3.8, 4) is 28.5 Å². The van der Waals surface area contributed by atoms with E-state index in [1.54, 1.807) is 14.2 Å². The minimum atomic E-state index is 0.0112. The van der Waals surface area contributed by atoms with E-state index in [1.807, 2.05) is 65.0 Å². The number of hydrogen-bond donors (Lipinski definition) is 1. The van der Waals surface area contributed by atoms with Crippen molar-refractivity contribution in [3.63, 3.8) is 0 Å². The zero-order chi connectivity index (χ0) is 30.5. The van der Waals surface area contributed by atoms with Crippen LogP contribution in [0.25, 0.3) is 22.4 Å². The Kier molecular flexibility index (Phi) is 18.5. The number of aromatic nitrogens is 2. The minimum absolute atomic E-state index is 0.0112. The largest absolute Gasteiger partial charge is 0.388 e. The van der Waals surface area contributed by atoms with Gasteiger partial charge in [-0.3, -0.25) is 0 Å². The number of hydrogen-bond acceptors (Lipinski definition) is 5. The molecule has 5 heteroatoms. The standard InChI is InChI=1S/C27H24N4.C2H6O.2C2H6.C2H4/c1-18-10-12-21(13-11-18)25-16-26(31-27(17-28)30-25)29-20(3)22-7-5-9-24(15-22)23-8-4-6-19(2)14-23;1-3-2;3*1-2/h4-16,20H,1-3H3,(H,29,30,31);1-2H3;2*1-2H3;1-2H2. The van der Waals surface area contributed by atoms with Crippen LogP contribution in [0.3, 0.4) is 0 Å². The molecule has 1 atom stereocenters. The highest BCUT2D eigenvalue weighted by atomic mass is 16.4. The average Bonchev–Trinajstić information content (AvgIpc) is 3.01. The molecule has 4 aromatic rings. The summed E-state index contributed by atoms with van der Waals surface area (Å²) >= 11 is 0. The number of rotatable bonds is 5. The van der Waals surface area contributed by atoms with Gasteiger partial charge in [-0.25, -0.2) is 9.97 Å². The highest BCUT2D eigenvalue weighted by Gasteiger charge is 2.11. The number of nitriles is 1. The second-order valence-electron chi connectivity index (χ2n) is 8.21. The molecular formula is C35H46N4O. The van der Waals surface area contributed by atoms with Crippen molar-refractivity contribution in [2.24, 2.45) is 0 Å². The van der Waals surface area contributed by atoms with Gasteiger partial charge in [0.1, 0.15) is 11.9 Å². The summed E-state index contributed by atoms with van der Waals surface area (Å²) < 4.78 is 4.25. The van der Waals surface area contributed by atoms with Gasteiger partial charge in [0.2, 0.25) is 5.82 Å². The van der Waals surface area contributed by atoms with Gasteiger partial charge in [0.15, 0.2) is 0 Å². The van der Waals surface area contributed by atoms with E-state index in [0.29, 0.717) is 5.82 Å². The summed E-state index contributed by atoms with van der Waals surface area (Å²) in [7, 11) is 3.25. The first-order valence-corrected chi connectivity index (χ1v) is 13.6. The Morgan fingerprint density at radius 1 is 0.750 bits per heavy atom. The zero-order valence-corrected chi connectivity index (χ0v) is 25.7. The number of methoxy groups -OCH3 is 1. The van der Waals surface area contributed by atoms with Crippen LogP contribution < -0.4 is 5.32 Å². The Morgan fingerprint density at radius 3 is 1.85 bits per heavy atom. The van der Waals surface area contributed by atoms with E-state index in [0.717, 1.165) is 16.8 Å². The van der Waals surface area contributed by atoms with Crippen LogP contribution in [-0.4, -0.2) is 24.2 Å². The van der Waals surface area contributed by atoms with Gasteiger partial charge in [-0.15, -0.1) is 13.2 Å². The third-order valence-corrected chi connectivity index (χ3v) is 5.28. The number of anilines is 1. The van der Waals surface area contributed by atoms with Gasteiger partial charge in [0.25, 0.3) is 0 Å². The fourth-order valence-corrected chi connectivity index (χ4v) is 3.56. The molecular weight excluding hydrogens is 492 g/mol. The lowest BCUT2D eigenvalue weighted by atomic mass is 9.99. The van der Waals surface area contributed by atoms with E-state index < -0.39 is 0 Å². The molecule has 4 rings (SSSR count). The quantitative estimate of drug-likeness (QED) is 0.256. The summed E-state index contributed by atoms with van der Waals surface area (Å²) in [6, 6.07) is 29.1. The number of ether oxygens (including phenoxy) is 1. The van der Waals surface area contributed by atoms with Gasteiger partial charge < -0.3 is 10.1 Å². The Bertz CT molecular complexity index is 1290. The molecule has 1 heterocycles. The maximum atomic E-state index is 9.41. The van der Waals surface area contributed by atoms with Crippen molar-refractivity contribution in [1.29, 1.82) is 5.26 Å². The molecule has 5 nitrogen and oxygen atoms in total. The van der Waals surface area contributed by atoms with Crippen LogP contribution in [0.4, 0.5) is 5.82 Å². The molecule has 3 aromatic carbocycles. The van der Waals surface area contributed by atoms with E-state index in [2.05, 4.69) is 102 Å². The van der Waals surface area contributed by atoms with E-state index in [9.17, 15) is 5.26 Å². The summed E-state index contributed by atoms with van der Waals surface area (Å²) in [5.41, 5.74) is 7.63. The molecule has 0 saturated carbocycles. The smallest absolute Gasteiger partial charge is 0.234 e. The van der Waals surface area contributed by atoms with Crippen LogP contribution in [-0.2, 0) is 4.74 Å². The van der Waals surface area contributed by atoms with E-state index in [1.165, 1.54) is 22.3 Å². The highest BCUT2D eigenvalue weighted by Crippen LogP contribution is 2.27. The summed E-state index contributed by atoms with van der Waals surface area (Å²) in [5.74, 6) is 0.789. The van der Waals surface area contributed by atoms with Crippen LogP contribution in [0.15, 0.2) is 92.0 Å². The topological polar surface area (TPSA) is 70.8 Å². The van der Waals surface area contributed by atoms with Gasteiger partial charge in [-0.2, -0.15) is 5.26 Å². The molecule has 0 aliphatic heterocycles. The molecule has 1 aromatic heterocycles. The third kappa shape index (κ3) is 11.6. The number of nitrogens with zero attached hydrogens (tertiary/aromatic N) is 3. The molecule has 0 saturated heterocycles. The molecule has 0 aliphatic carbocycles. The number of nitrogens with one attached hydrogen (secondary N) is 1. The highest BCUT2D eigenvalue weighted by molar-refractivity contribution is 5.66. The lowest BCUT2D eigenvalue weighted by Gasteiger charge is -2.17. The Morgan fingerprint density at radius 2 is 1.30 bits per heavy atom. The van der Waals surface area contributed by atoms with Crippen LogP contribution in [0.5, 0.6) is 0 Å². The van der Waals surface area contributed by atoms with Crippen molar-refractivity contribution in [2.45, 2.75) is 54.5 Å². The first-order valence-electron chi connectivity index (χ1n) is 13.6. The molecule has 0 radical (unpaired) electrons. The lowest BCUT2D eigenvalue weighted by Crippen LogP contribution is -2.09. The molecule has 0 amide bonds. The Hall–Kier alpha value is -4.27. The van der Waals surface area contributed by atoms with Crippen LogP contribution in [0, 0.1) is 25.2 Å². The summed E-state index contributed by atoms with van der Waals surface area (Å²) in [5, 5.41) is 12.9. The molecule has 1 unspecified atom stereocenters. The summed E-state index contributed by atoms with van der Waals surface area (Å²) in [6.45, 7) is 20.2. The molecule has 0 fully saturated rings.